The molecule has 0 bridgehead atoms. The molecular weight excluding hydrogens is 194 g/mol. The van der Waals surface area contributed by atoms with Crippen LogP contribution in [0, 0.1) is 5.92 Å². The molecule has 1 heterocycles. The Morgan fingerprint density at radius 1 is 1.53 bits per heavy atom. The third-order valence-electron chi connectivity index (χ3n) is 2.76. The van der Waals surface area contributed by atoms with E-state index in [4.69, 9.17) is 10.2 Å². The standard InChI is InChI=1S/C11H19NO3/c13-8-5-10-3-1-6-12(9-10)7-2-4-11(14)15/h2,4,10,13H,1,3,5-9H2,(H,14,15). The van der Waals surface area contributed by atoms with Gasteiger partial charge in [0.05, 0.1) is 0 Å². The van der Waals surface area contributed by atoms with Gasteiger partial charge in [0, 0.05) is 25.8 Å². The van der Waals surface area contributed by atoms with Gasteiger partial charge in [0.15, 0.2) is 0 Å². The van der Waals surface area contributed by atoms with E-state index in [0.717, 1.165) is 25.9 Å². The van der Waals surface area contributed by atoms with Gasteiger partial charge < -0.3 is 10.2 Å². The van der Waals surface area contributed by atoms with Gasteiger partial charge in [-0.2, -0.15) is 0 Å². The summed E-state index contributed by atoms with van der Waals surface area (Å²) in [5.41, 5.74) is 0. The van der Waals surface area contributed by atoms with Crippen molar-refractivity contribution in [1.82, 2.24) is 4.90 Å². The molecule has 0 aromatic heterocycles. The molecule has 1 unspecified atom stereocenters. The molecule has 0 radical (unpaired) electrons. The summed E-state index contributed by atoms with van der Waals surface area (Å²) >= 11 is 0. The average Bonchev–Trinajstić information content (AvgIpc) is 2.18. The van der Waals surface area contributed by atoms with Crippen molar-refractivity contribution >= 4 is 5.97 Å². The molecule has 0 aromatic rings. The number of hydrogen-bond acceptors (Lipinski definition) is 3. The van der Waals surface area contributed by atoms with Crippen molar-refractivity contribution in [3.63, 3.8) is 0 Å². The normalized spacial score (nSPS) is 23.4. The third-order valence-corrected chi connectivity index (χ3v) is 2.76. The summed E-state index contributed by atoms with van der Waals surface area (Å²) < 4.78 is 0. The fourth-order valence-electron chi connectivity index (χ4n) is 2.04. The van der Waals surface area contributed by atoms with Crippen LogP contribution in [0.15, 0.2) is 12.2 Å². The number of carbonyl (C=O) groups is 1. The Balaban J connectivity index is 2.26. The maximum Gasteiger partial charge on any atom is 0.328 e. The molecule has 0 aromatic carbocycles. The molecule has 1 aliphatic heterocycles. The van der Waals surface area contributed by atoms with Crippen LogP contribution >= 0.6 is 0 Å². The molecule has 4 nitrogen and oxygen atoms in total. The molecular formula is C11H19NO3. The summed E-state index contributed by atoms with van der Waals surface area (Å²) in [5, 5.41) is 17.3. The predicted molar refractivity (Wildman–Crippen MR) is 57.6 cm³/mol. The fraction of sp³-hybridized carbons (Fsp3) is 0.727. The number of carboxylic acid groups (broad SMARTS) is 1. The van der Waals surface area contributed by atoms with Crippen LogP contribution in [0.3, 0.4) is 0 Å². The van der Waals surface area contributed by atoms with Gasteiger partial charge in [-0.3, -0.25) is 4.90 Å². The Labute approximate surface area is 90.2 Å². The van der Waals surface area contributed by atoms with E-state index in [1.165, 1.54) is 12.5 Å². The monoisotopic (exact) mass is 213 g/mol. The van der Waals surface area contributed by atoms with Gasteiger partial charge in [-0.1, -0.05) is 6.08 Å². The van der Waals surface area contributed by atoms with Crippen molar-refractivity contribution < 1.29 is 15.0 Å². The smallest absolute Gasteiger partial charge is 0.328 e. The minimum Gasteiger partial charge on any atom is -0.478 e. The topological polar surface area (TPSA) is 60.8 Å². The largest absolute Gasteiger partial charge is 0.478 e. The van der Waals surface area contributed by atoms with Crippen LogP contribution in [-0.2, 0) is 4.79 Å². The minimum absolute atomic E-state index is 0.253. The Morgan fingerprint density at radius 2 is 2.33 bits per heavy atom. The van der Waals surface area contributed by atoms with Crippen LogP contribution < -0.4 is 0 Å². The highest BCUT2D eigenvalue weighted by atomic mass is 16.4. The number of aliphatic hydroxyl groups excluding tert-OH is 1. The van der Waals surface area contributed by atoms with Gasteiger partial charge >= 0.3 is 5.97 Å². The maximum absolute atomic E-state index is 10.3. The van der Waals surface area contributed by atoms with E-state index in [1.807, 2.05) is 0 Å². The number of hydrogen-bond donors (Lipinski definition) is 2. The van der Waals surface area contributed by atoms with Crippen molar-refractivity contribution in [1.29, 1.82) is 0 Å². The first-order valence-corrected chi connectivity index (χ1v) is 5.45. The zero-order valence-electron chi connectivity index (χ0n) is 8.93. The first-order chi connectivity index (χ1) is 7.22. The zero-order valence-corrected chi connectivity index (χ0v) is 8.93. The number of aliphatic hydroxyl groups is 1. The molecule has 15 heavy (non-hydrogen) atoms. The van der Waals surface area contributed by atoms with E-state index in [-0.39, 0.29) is 6.61 Å². The second-order valence-electron chi connectivity index (χ2n) is 4.02. The van der Waals surface area contributed by atoms with Crippen molar-refractivity contribution in [2.45, 2.75) is 19.3 Å². The Kier molecular flexibility index (Phi) is 5.36. The van der Waals surface area contributed by atoms with Gasteiger partial charge in [-0.15, -0.1) is 0 Å². The van der Waals surface area contributed by atoms with E-state index < -0.39 is 5.97 Å². The summed E-state index contributed by atoms with van der Waals surface area (Å²) in [6.07, 6.45) is 6.06. The maximum atomic E-state index is 10.3. The van der Waals surface area contributed by atoms with E-state index >= 15 is 0 Å². The van der Waals surface area contributed by atoms with Gasteiger partial charge in [-0.25, -0.2) is 4.79 Å². The molecule has 1 rings (SSSR count). The van der Waals surface area contributed by atoms with Crippen LogP contribution in [0.25, 0.3) is 0 Å². The lowest BCUT2D eigenvalue weighted by atomic mass is 9.95. The van der Waals surface area contributed by atoms with Crippen molar-refractivity contribution in [2.75, 3.05) is 26.2 Å². The van der Waals surface area contributed by atoms with Crippen molar-refractivity contribution in [3.05, 3.63) is 12.2 Å². The summed E-state index contributed by atoms with van der Waals surface area (Å²) in [6.45, 7) is 2.97. The molecule has 1 saturated heterocycles. The summed E-state index contributed by atoms with van der Waals surface area (Å²) in [7, 11) is 0. The molecule has 4 heteroatoms. The van der Waals surface area contributed by atoms with Crippen LogP contribution in [0.5, 0.6) is 0 Å². The molecule has 1 atom stereocenters. The van der Waals surface area contributed by atoms with Crippen molar-refractivity contribution in [2.24, 2.45) is 5.92 Å². The lowest BCUT2D eigenvalue weighted by molar-refractivity contribution is -0.131. The van der Waals surface area contributed by atoms with Crippen molar-refractivity contribution in [3.8, 4) is 0 Å². The second kappa shape index (κ2) is 6.58. The number of likely N-dealkylation sites (tertiary alicyclic amines) is 1. The first kappa shape index (κ1) is 12.2. The Hall–Kier alpha value is -0.870. The van der Waals surface area contributed by atoms with E-state index in [2.05, 4.69) is 4.90 Å². The molecule has 0 aliphatic carbocycles. The van der Waals surface area contributed by atoms with Crippen LogP contribution in [0.2, 0.25) is 0 Å². The van der Waals surface area contributed by atoms with Gasteiger partial charge in [0.25, 0.3) is 0 Å². The molecule has 0 spiro atoms. The SMILES string of the molecule is O=C(O)C=CCN1CCCC(CCO)C1. The number of carboxylic acids is 1. The highest BCUT2D eigenvalue weighted by molar-refractivity contribution is 5.79. The van der Waals surface area contributed by atoms with Gasteiger partial charge in [-0.05, 0) is 31.7 Å². The van der Waals surface area contributed by atoms with E-state index in [9.17, 15) is 4.79 Å². The minimum atomic E-state index is -0.890. The zero-order chi connectivity index (χ0) is 11.1. The number of nitrogens with zero attached hydrogens (tertiary/aromatic N) is 1. The van der Waals surface area contributed by atoms with Crippen LogP contribution in [-0.4, -0.2) is 47.3 Å². The second-order valence-corrected chi connectivity index (χ2v) is 4.02. The highest BCUT2D eigenvalue weighted by Gasteiger charge is 2.18. The van der Waals surface area contributed by atoms with Gasteiger partial charge in [0.2, 0.25) is 0 Å². The molecule has 0 saturated carbocycles. The number of rotatable bonds is 5. The molecule has 86 valence electrons. The van der Waals surface area contributed by atoms with Crippen LogP contribution in [0.1, 0.15) is 19.3 Å². The Bertz CT molecular complexity index is 226. The summed E-state index contributed by atoms with van der Waals surface area (Å²) in [4.78, 5) is 12.5. The first-order valence-electron chi connectivity index (χ1n) is 5.45. The van der Waals surface area contributed by atoms with E-state index in [1.54, 1.807) is 6.08 Å². The Morgan fingerprint density at radius 3 is 3.00 bits per heavy atom. The number of piperidine rings is 1. The third kappa shape index (κ3) is 4.95. The molecule has 0 amide bonds. The highest BCUT2D eigenvalue weighted by Crippen LogP contribution is 2.18. The predicted octanol–water partition coefficient (Wildman–Crippen LogP) is 0.722. The molecule has 1 aliphatic rings. The quantitative estimate of drug-likeness (QED) is 0.661. The summed E-state index contributed by atoms with van der Waals surface area (Å²) in [6, 6.07) is 0. The average molecular weight is 213 g/mol. The lowest BCUT2D eigenvalue weighted by Gasteiger charge is -2.31. The number of aliphatic carboxylic acids is 1. The molecule has 1 fully saturated rings. The summed E-state index contributed by atoms with van der Waals surface area (Å²) in [5.74, 6) is -0.319. The van der Waals surface area contributed by atoms with E-state index in [0.29, 0.717) is 12.5 Å². The lowest BCUT2D eigenvalue weighted by Crippen LogP contribution is -2.35. The van der Waals surface area contributed by atoms with Crippen LogP contribution in [0.4, 0.5) is 0 Å². The fourth-order valence-corrected chi connectivity index (χ4v) is 2.04. The molecule has 2 N–H and O–H groups in total. The van der Waals surface area contributed by atoms with Gasteiger partial charge in [0.1, 0.15) is 0 Å².